The maximum Gasteiger partial charge on any atom is 0.0143 e. The molecule has 0 fully saturated rings. The van der Waals surface area contributed by atoms with E-state index in [-0.39, 0.29) is 0 Å². The summed E-state index contributed by atoms with van der Waals surface area (Å²) in [5.74, 6) is 0. The first-order valence-corrected chi connectivity index (χ1v) is 3.55. The molecule has 0 atom stereocenters. The highest BCUT2D eigenvalue weighted by Gasteiger charge is 1.86. The quantitative estimate of drug-likeness (QED) is 0.553. The minimum atomic E-state index is 1.05. The third-order valence-corrected chi connectivity index (χ3v) is 1.13. The van der Waals surface area contributed by atoms with Crippen molar-refractivity contribution in [2.45, 2.75) is 27.7 Å². The van der Waals surface area contributed by atoms with Crippen LogP contribution in [0.15, 0.2) is 12.3 Å². The third-order valence-electron chi connectivity index (χ3n) is 1.13. The van der Waals surface area contributed by atoms with Gasteiger partial charge in [-0.1, -0.05) is 20.4 Å². The summed E-state index contributed by atoms with van der Waals surface area (Å²) in [7, 11) is 2.03. The van der Waals surface area contributed by atoms with Gasteiger partial charge in [-0.05, 0) is 13.8 Å². The van der Waals surface area contributed by atoms with Gasteiger partial charge in [0.25, 0.3) is 0 Å². The van der Waals surface area contributed by atoms with Crippen molar-refractivity contribution < 1.29 is 0 Å². The molecule has 56 valence electrons. The van der Waals surface area contributed by atoms with Crippen LogP contribution in [0.25, 0.3) is 0 Å². The van der Waals surface area contributed by atoms with E-state index in [1.807, 2.05) is 27.8 Å². The van der Waals surface area contributed by atoms with Gasteiger partial charge in [0.1, 0.15) is 0 Å². The van der Waals surface area contributed by atoms with Gasteiger partial charge in [-0.25, -0.2) is 0 Å². The first kappa shape index (κ1) is 11.4. The zero-order valence-corrected chi connectivity index (χ0v) is 7.36. The molecule has 0 amide bonds. The molecule has 1 nitrogen and oxygen atoms in total. The molecule has 0 radical (unpaired) electrons. The van der Waals surface area contributed by atoms with E-state index in [2.05, 4.69) is 18.4 Å². The fourth-order valence-corrected chi connectivity index (χ4v) is 0.270. The molecule has 0 aromatic rings. The molecule has 0 aromatic heterocycles. The Kier molecular flexibility index (Phi) is 9.51. The topological polar surface area (TPSA) is 3.24 Å². The van der Waals surface area contributed by atoms with Crippen LogP contribution in [0.2, 0.25) is 0 Å². The fraction of sp³-hybridized carbons (Fsp3) is 0.750. The molecule has 0 aliphatic heterocycles. The highest BCUT2D eigenvalue weighted by atomic mass is 15.1. The molecule has 0 bridgehead atoms. The van der Waals surface area contributed by atoms with Crippen LogP contribution < -0.4 is 0 Å². The van der Waals surface area contributed by atoms with Gasteiger partial charge in [0.15, 0.2) is 0 Å². The molecule has 0 spiro atoms. The molecule has 0 aliphatic carbocycles. The Labute approximate surface area is 59.4 Å². The van der Waals surface area contributed by atoms with E-state index in [4.69, 9.17) is 0 Å². The van der Waals surface area contributed by atoms with Crippen LogP contribution in [0.1, 0.15) is 27.7 Å². The molecule has 0 unspecified atom stereocenters. The highest BCUT2D eigenvalue weighted by Crippen LogP contribution is 1.91. The highest BCUT2D eigenvalue weighted by molar-refractivity contribution is 4.84. The number of nitrogens with zero attached hydrogens (tertiary/aromatic N) is 1. The second-order valence-electron chi connectivity index (χ2n) is 1.75. The molecule has 1 heteroatoms. The Morgan fingerprint density at radius 3 is 1.78 bits per heavy atom. The first-order valence-electron chi connectivity index (χ1n) is 3.55. The Morgan fingerprint density at radius 2 is 1.78 bits per heavy atom. The summed E-state index contributed by atoms with van der Waals surface area (Å²) in [6, 6.07) is 0. The van der Waals surface area contributed by atoms with E-state index in [0.717, 1.165) is 12.2 Å². The lowest BCUT2D eigenvalue weighted by atomic mass is 10.5. The minimum Gasteiger partial charge on any atom is -0.379 e. The lowest BCUT2D eigenvalue weighted by molar-refractivity contribution is 0.445. The van der Waals surface area contributed by atoms with Crippen molar-refractivity contribution in [3.63, 3.8) is 0 Å². The van der Waals surface area contributed by atoms with Crippen molar-refractivity contribution in [3.8, 4) is 0 Å². The number of hydrogen-bond donors (Lipinski definition) is 0. The van der Waals surface area contributed by atoms with Gasteiger partial charge in [-0.15, -0.1) is 0 Å². The van der Waals surface area contributed by atoms with Gasteiger partial charge < -0.3 is 4.90 Å². The number of hydrogen-bond acceptors (Lipinski definition) is 1. The maximum atomic E-state index is 3.75. The summed E-state index contributed by atoms with van der Waals surface area (Å²) < 4.78 is 0. The standard InChI is InChI=1S/C6H13N.C2H6/c1-5-7(4)6(2)3;1-2/h2,5H2,1,3-4H3;1-2H3. The summed E-state index contributed by atoms with van der Waals surface area (Å²) >= 11 is 0. The molecule has 0 heterocycles. The van der Waals surface area contributed by atoms with Crippen LogP contribution in [0.5, 0.6) is 0 Å². The van der Waals surface area contributed by atoms with E-state index in [9.17, 15) is 0 Å². The summed E-state index contributed by atoms with van der Waals surface area (Å²) in [4.78, 5) is 2.10. The smallest absolute Gasteiger partial charge is 0.0143 e. The molecule has 0 saturated heterocycles. The van der Waals surface area contributed by atoms with Crippen molar-refractivity contribution in [3.05, 3.63) is 12.3 Å². The maximum absolute atomic E-state index is 3.75. The normalized spacial score (nSPS) is 7.22. The predicted molar refractivity (Wildman–Crippen MR) is 44.5 cm³/mol. The fourth-order valence-electron chi connectivity index (χ4n) is 0.270. The van der Waals surface area contributed by atoms with Gasteiger partial charge >= 0.3 is 0 Å². The molecular formula is C8H19N. The van der Waals surface area contributed by atoms with Crippen molar-refractivity contribution in [2.75, 3.05) is 13.6 Å². The van der Waals surface area contributed by atoms with Crippen molar-refractivity contribution >= 4 is 0 Å². The van der Waals surface area contributed by atoms with Crippen molar-refractivity contribution in [2.24, 2.45) is 0 Å². The predicted octanol–water partition coefficient (Wildman–Crippen LogP) is 2.50. The summed E-state index contributed by atoms with van der Waals surface area (Å²) in [6.07, 6.45) is 0. The Bertz CT molecular complexity index is 67.0. The monoisotopic (exact) mass is 129 g/mol. The molecule has 0 rings (SSSR count). The van der Waals surface area contributed by atoms with E-state index in [1.165, 1.54) is 0 Å². The lowest BCUT2D eigenvalue weighted by Gasteiger charge is -2.14. The van der Waals surface area contributed by atoms with Crippen LogP contribution in [-0.4, -0.2) is 18.5 Å². The van der Waals surface area contributed by atoms with Gasteiger partial charge in [0.05, 0.1) is 0 Å². The largest absolute Gasteiger partial charge is 0.379 e. The molecule has 9 heavy (non-hydrogen) atoms. The minimum absolute atomic E-state index is 1.05. The molecule has 0 N–H and O–H groups in total. The molecular weight excluding hydrogens is 110 g/mol. The molecule has 0 saturated carbocycles. The van der Waals surface area contributed by atoms with Gasteiger partial charge in [-0.2, -0.15) is 0 Å². The van der Waals surface area contributed by atoms with Crippen LogP contribution in [-0.2, 0) is 0 Å². The van der Waals surface area contributed by atoms with Crippen LogP contribution in [0, 0.1) is 0 Å². The van der Waals surface area contributed by atoms with Crippen molar-refractivity contribution in [1.29, 1.82) is 0 Å². The average molecular weight is 129 g/mol. The van der Waals surface area contributed by atoms with Crippen LogP contribution in [0.4, 0.5) is 0 Å². The van der Waals surface area contributed by atoms with Crippen LogP contribution >= 0.6 is 0 Å². The Morgan fingerprint density at radius 1 is 1.44 bits per heavy atom. The van der Waals surface area contributed by atoms with E-state index < -0.39 is 0 Å². The second-order valence-corrected chi connectivity index (χ2v) is 1.75. The van der Waals surface area contributed by atoms with Gasteiger partial charge in [-0.3, -0.25) is 0 Å². The van der Waals surface area contributed by atoms with Gasteiger partial charge in [0.2, 0.25) is 0 Å². The second kappa shape index (κ2) is 7.54. The van der Waals surface area contributed by atoms with E-state index in [0.29, 0.717) is 0 Å². The summed E-state index contributed by atoms with van der Waals surface area (Å²) in [5.41, 5.74) is 1.13. The zero-order valence-electron chi connectivity index (χ0n) is 7.36. The average Bonchev–Trinajstić information content (AvgIpc) is 1.91. The number of allylic oxidation sites excluding steroid dienone is 1. The third kappa shape index (κ3) is 7.54. The van der Waals surface area contributed by atoms with E-state index in [1.54, 1.807) is 0 Å². The lowest BCUT2D eigenvalue weighted by Crippen LogP contribution is -2.13. The van der Waals surface area contributed by atoms with Crippen molar-refractivity contribution in [1.82, 2.24) is 4.90 Å². The van der Waals surface area contributed by atoms with Crippen LogP contribution in [0.3, 0.4) is 0 Å². The van der Waals surface area contributed by atoms with E-state index >= 15 is 0 Å². The Hall–Kier alpha value is -0.460. The summed E-state index contributed by atoms with van der Waals surface area (Å²) in [6.45, 7) is 12.9. The number of rotatable bonds is 2. The molecule has 0 aliphatic rings. The SMILES string of the molecule is C=C(C)N(C)CC.CC. The summed E-state index contributed by atoms with van der Waals surface area (Å²) in [5, 5.41) is 0. The molecule has 0 aromatic carbocycles. The Balaban J connectivity index is 0. The first-order chi connectivity index (χ1) is 4.18. The zero-order chi connectivity index (χ0) is 7.86. The van der Waals surface area contributed by atoms with Gasteiger partial charge in [0, 0.05) is 19.3 Å².